The summed E-state index contributed by atoms with van der Waals surface area (Å²) in [5.74, 6) is 0.335. The number of hydrogen-bond donors (Lipinski definition) is 0. The van der Waals surface area contributed by atoms with Crippen molar-refractivity contribution in [2.75, 3.05) is 6.26 Å². The highest BCUT2D eigenvalue weighted by Gasteiger charge is 2.05. The number of hydrogen-bond acceptors (Lipinski definition) is 3. The van der Waals surface area contributed by atoms with Crippen LogP contribution in [0.15, 0.2) is 47.4 Å². The summed E-state index contributed by atoms with van der Waals surface area (Å²) in [5.41, 5.74) is 0.985. The fourth-order valence-electron chi connectivity index (χ4n) is 1.62. The van der Waals surface area contributed by atoms with Crippen molar-refractivity contribution in [3.05, 3.63) is 59.4 Å². The summed E-state index contributed by atoms with van der Waals surface area (Å²) in [6, 6.07) is 13.7. The van der Waals surface area contributed by atoms with Crippen LogP contribution in [0.25, 0.3) is 0 Å². The van der Waals surface area contributed by atoms with Crippen LogP contribution in [0.1, 0.15) is 11.1 Å². The van der Waals surface area contributed by atoms with E-state index in [4.69, 9.17) is 10.00 Å². The molecule has 0 amide bonds. The Labute approximate surface area is 115 Å². The van der Waals surface area contributed by atoms with E-state index in [1.165, 1.54) is 18.2 Å². The molecule has 2 nitrogen and oxygen atoms in total. The molecule has 0 radical (unpaired) electrons. The van der Waals surface area contributed by atoms with Gasteiger partial charge >= 0.3 is 0 Å². The van der Waals surface area contributed by atoms with Gasteiger partial charge in [0.15, 0.2) is 0 Å². The SMILES string of the molecule is CSc1ccc(OCc2cc(F)ccc2C#N)cc1. The number of halogens is 1. The van der Waals surface area contributed by atoms with Crippen LogP contribution in [0, 0.1) is 17.1 Å². The second kappa shape index (κ2) is 6.26. The van der Waals surface area contributed by atoms with Crippen LogP contribution in [0.2, 0.25) is 0 Å². The van der Waals surface area contributed by atoms with Crippen LogP contribution in [0.4, 0.5) is 4.39 Å². The van der Waals surface area contributed by atoms with Gasteiger partial charge in [-0.1, -0.05) is 0 Å². The van der Waals surface area contributed by atoms with Crippen LogP contribution in [0.3, 0.4) is 0 Å². The van der Waals surface area contributed by atoms with Gasteiger partial charge in [-0.25, -0.2) is 4.39 Å². The van der Waals surface area contributed by atoms with E-state index in [1.807, 2.05) is 36.6 Å². The molecule has 4 heteroatoms. The zero-order valence-electron chi connectivity index (χ0n) is 10.4. The monoisotopic (exact) mass is 273 g/mol. The van der Waals surface area contributed by atoms with Gasteiger partial charge < -0.3 is 4.74 Å². The summed E-state index contributed by atoms with van der Waals surface area (Å²) >= 11 is 1.65. The summed E-state index contributed by atoms with van der Waals surface area (Å²) in [6.07, 6.45) is 2.00. The molecule has 0 atom stereocenters. The van der Waals surface area contributed by atoms with E-state index < -0.39 is 0 Å². The quantitative estimate of drug-likeness (QED) is 0.789. The maximum Gasteiger partial charge on any atom is 0.123 e. The first-order valence-corrected chi connectivity index (χ1v) is 6.91. The Morgan fingerprint density at radius 1 is 1.21 bits per heavy atom. The first kappa shape index (κ1) is 13.4. The minimum Gasteiger partial charge on any atom is -0.489 e. The summed E-state index contributed by atoms with van der Waals surface area (Å²) in [4.78, 5) is 1.15. The number of nitriles is 1. The van der Waals surface area contributed by atoms with Crippen molar-refractivity contribution in [2.24, 2.45) is 0 Å². The summed E-state index contributed by atoms with van der Waals surface area (Å²) in [5, 5.41) is 8.94. The number of benzene rings is 2. The van der Waals surface area contributed by atoms with Crippen molar-refractivity contribution >= 4 is 11.8 Å². The Kier molecular flexibility index (Phi) is 4.43. The molecular formula is C15H12FNOS. The largest absolute Gasteiger partial charge is 0.489 e. The molecule has 0 spiro atoms. The molecule has 0 N–H and O–H groups in total. The highest BCUT2D eigenvalue weighted by Crippen LogP contribution is 2.20. The van der Waals surface area contributed by atoms with Gasteiger partial charge in [0.05, 0.1) is 11.6 Å². The molecule has 0 unspecified atom stereocenters. The minimum absolute atomic E-state index is 0.180. The average Bonchev–Trinajstić information content (AvgIpc) is 2.46. The van der Waals surface area contributed by atoms with Crippen LogP contribution < -0.4 is 4.74 Å². The van der Waals surface area contributed by atoms with Gasteiger partial charge in [-0.2, -0.15) is 5.26 Å². The Bertz CT molecular complexity index is 605. The van der Waals surface area contributed by atoms with E-state index in [1.54, 1.807) is 11.8 Å². The lowest BCUT2D eigenvalue weighted by atomic mass is 10.1. The standard InChI is InChI=1S/C15H12FNOS/c1-19-15-6-4-14(5-7-15)18-10-12-8-13(16)3-2-11(12)9-17/h2-8H,10H2,1H3. The number of rotatable bonds is 4. The van der Waals surface area contributed by atoms with Crippen molar-refractivity contribution in [1.29, 1.82) is 5.26 Å². The minimum atomic E-state index is -0.365. The van der Waals surface area contributed by atoms with Crippen molar-refractivity contribution in [1.82, 2.24) is 0 Å². The van der Waals surface area contributed by atoms with Crippen molar-refractivity contribution in [3.63, 3.8) is 0 Å². The third-order valence-corrected chi connectivity index (χ3v) is 3.39. The van der Waals surface area contributed by atoms with Gasteiger partial charge in [0.2, 0.25) is 0 Å². The smallest absolute Gasteiger partial charge is 0.123 e. The van der Waals surface area contributed by atoms with E-state index in [0.717, 1.165) is 4.90 Å². The molecule has 0 heterocycles. The first-order valence-electron chi connectivity index (χ1n) is 5.68. The van der Waals surface area contributed by atoms with E-state index in [0.29, 0.717) is 16.9 Å². The Hall–Kier alpha value is -1.99. The lowest BCUT2D eigenvalue weighted by molar-refractivity contribution is 0.305. The maximum atomic E-state index is 13.1. The topological polar surface area (TPSA) is 33.0 Å². The molecule has 0 aliphatic rings. The van der Waals surface area contributed by atoms with Crippen molar-refractivity contribution in [3.8, 4) is 11.8 Å². The highest BCUT2D eigenvalue weighted by molar-refractivity contribution is 7.98. The molecule has 0 saturated heterocycles. The van der Waals surface area contributed by atoms with Gasteiger partial charge in [0.25, 0.3) is 0 Å². The zero-order chi connectivity index (χ0) is 13.7. The molecule has 19 heavy (non-hydrogen) atoms. The third kappa shape index (κ3) is 3.49. The molecule has 0 aliphatic heterocycles. The molecule has 0 aliphatic carbocycles. The van der Waals surface area contributed by atoms with Crippen molar-refractivity contribution in [2.45, 2.75) is 11.5 Å². The van der Waals surface area contributed by atoms with E-state index in [-0.39, 0.29) is 12.4 Å². The number of thioether (sulfide) groups is 1. The molecule has 2 aromatic rings. The van der Waals surface area contributed by atoms with E-state index in [2.05, 4.69) is 0 Å². The van der Waals surface area contributed by atoms with Crippen molar-refractivity contribution < 1.29 is 9.13 Å². The Morgan fingerprint density at radius 3 is 2.58 bits per heavy atom. The van der Waals surface area contributed by atoms with Gasteiger partial charge in [-0.3, -0.25) is 0 Å². The summed E-state index contributed by atoms with van der Waals surface area (Å²) in [7, 11) is 0. The average molecular weight is 273 g/mol. The lowest BCUT2D eigenvalue weighted by Crippen LogP contribution is -1.99. The fraction of sp³-hybridized carbons (Fsp3) is 0.133. The third-order valence-electron chi connectivity index (χ3n) is 2.64. The van der Waals surface area contributed by atoms with Gasteiger partial charge in [0.1, 0.15) is 18.2 Å². The highest BCUT2D eigenvalue weighted by atomic mass is 32.2. The molecule has 2 aromatic carbocycles. The van der Waals surface area contributed by atoms with Crippen LogP contribution in [-0.2, 0) is 6.61 Å². The van der Waals surface area contributed by atoms with Gasteiger partial charge in [0, 0.05) is 10.5 Å². The van der Waals surface area contributed by atoms with E-state index in [9.17, 15) is 4.39 Å². The molecule has 0 saturated carbocycles. The molecular weight excluding hydrogens is 261 g/mol. The molecule has 0 bridgehead atoms. The Morgan fingerprint density at radius 2 is 1.95 bits per heavy atom. The van der Waals surface area contributed by atoms with Gasteiger partial charge in [-0.15, -0.1) is 11.8 Å². The lowest BCUT2D eigenvalue weighted by Gasteiger charge is -2.08. The number of nitrogens with zero attached hydrogens (tertiary/aromatic N) is 1. The first-order chi connectivity index (χ1) is 9.22. The fourth-order valence-corrected chi connectivity index (χ4v) is 2.03. The predicted octanol–water partition coefficient (Wildman–Crippen LogP) is 4.00. The van der Waals surface area contributed by atoms with E-state index >= 15 is 0 Å². The molecule has 2 rings (SSSR count). The van der Waals surface area contributed by atoms with Crippen LogP contribution in [-0.4, -0.2) is 6.26 Å². The molecule has 0 fully saturated rings. The number of ether oxygens (including phenoxy) is 1. The van der Waals surface area contributed by atoms with Crippen LogP contribution in [0.5, 0.6) is 5.75 Å². The molecule has 0 aromatic heterocycles. The Balaban J connectivity index is 2.09. The normalized spacial score (nSPS) is 9.95. The zero-order valence-corrected chi connectivity index (χ0v) is 11.2. The maximum absolute atomic E-state index is 13.1. The summed E-state index contributed by atoms with van der Waals surface area (Å²) < 4.78 is 18.7. The van der Waals surface area contributed by atoms with Crippen LogP contribution >= 0.6 is 11.8 Å². The predicted molar refractivity (Wildman–Crippen MR) is 73.7 cm³/mol. The molecule has 96 valence electrons. The second-order valence-electron chi connectivity index (χ2n) is 3.88. The second-order valence-corrected chi connectivity index (χ2v) is 4.76. The summed E-state index contributed by atoms with van der Waals surface area (Å²) in [6.45, 7) is 0.180. The van der Waals surface area contributed by atoms with Gasteiger partial charge in [-0.05, 0) is 48.7 Å².